The molecule has 3 atom stereocenters. The van der Waals surface area contributed by atoms with Gasteiger partial charge in [0.15, 0.2) is 0 Å². The van der Waals surface area contributed by atoms with Gasteiger partial charge in [-0.1, -0.05) is 103 Å². The smallest absolute Gasteiger partial charge is 0.308 e. The average Bonchev–Trinajstić information content (AvgIpc) is 3.32. The molecule has 2 heterocycles. The van der Waals surface area contributed by atoms with Gasteiger partial charge in [0.05, 0.1) is 11.8 Å². The molecule has 2 bridgehead atoms. The Balaban J connectivity index is 1.26. The van der Waals surface area contributed by atoms with Gasteiger partial charge < -0.3 is 41.4 Å². The summed E-state index contributed by atoms with van der Waals surface area (Å²) in [6.07, 6.45) is 3.99. The van der Waals surface area contributed by atoms with Crippen LogP contribution < -0.4 is 27.0 Å². The minimum absolute atomic E-state index is 0.0103. The Morgan fingerprint density at radius 2 is 1.43 bits per heavy atom. The monoisotopic (exact) mass is 912 g/mol. The Morgan fingerprint density at radius 1 is 0.761 bits per heavy atom. The summed E-state index contributed by atoms with van der Waals surface area (Å²) in [5, 5.41) is 11.4. The van der Waals surface area contributed by atoms with E-state index in [9.17, 15) is 38.4 Å². The Kier molecular flexibility index (Phi) is 17.1. The number of benzene rings is 4. The maximum atomic E-state index is 14.9. The summed E-state index contributed by atoms with van der Waals surface area (Å²) in [6, 6.07) is 29.7. The number of nitrogens with two attached hydrogens (primary N) is 1. The van der Waals surface area contributed by atoms with Gasteiger partial charge in [0.25, 0.3) is 0 Å². The highest BCUT2D eigenvalue weighted by atomic mass is 16.7. The maximum absolute atomic E-state index is 14.9. The lowest BCUT2D eigenvalue weighted by atomic mass is 9.74. The molecule has 0 unspecified atom stereocenters. The van der Waals surface area contributed by atoms with E-state index in [1.54, 1.807) is 29.2 Å². The van der Waals surface area contributed by atoms with Crippen LogP contribution in [-0.2, 0) is 80.1 Å². The molecule has 0 radical (unpaired) electrons. The summed E-state index contributed by atoms with van der Waals surface area (Å²) in [5.41, 5.74) is 10.1. The lowest BCUT2D eigenvalue weighted by Gasteiger charge is -2.42. The van der Waals surface area contributed by atoms with E-state index in [4.69, 9.17) is 10.5 Å². The molecule has 0 spiro atoms. The van der Waals surface area contributed by atoms with E-state index in [1.165, 1.54) is 6.92 Å². The third-order valence-corrected chi connectivity index (χ3v) is 11.9. The molecule has 0 saturated carbocycles. The molecule has 2 aliphatic rings. The first kappa shape index (κ1) is 48.8. The molecule has 2 aliphatic heterocycles. The van der Waals surface area contributed by atoms with Gasteiger partial charge in [-0.3, -0.25) is 38.4 Å². The van der Waals surface area contributed by atoms with Crippen molar-refractivity contribution < 1.29 is 47.8 Å². The Bertz CT molecular complexity index is 2460. The van der Waals surface area contributed by atoms with E-state index in [0.29, 0.717) is 36.9 Å². The summed E-state index contributed by atoms with van der Waals surface area (Å²) in [5.74, 6) is -4.21. The van der Waals surface area contributed by atoms with Crippen LogP contribution >= 0.6 is 0 Å². The van der Waals surface area contributed by atoms with Crippen LogP contribution in [0.15, 0.2) is 115 Å². The lowest BCUT2D eigenvalue weighted by Crippen LogP contribution is -2.58. The second-order valence-electron chi connectivity index (χ2n) is 16.8. The Hall–Kier alpha value is -7.62. The Morgan fingerprint density at radius 3 is 2.12 bits per heavy atom. The number of carbonyl (C=O) groups excluding carboxylic acids is 8. The molecule has 6 rings (SSSR count). The van der Waals surface area contributed by atoms with Crippen LogP contribution in [0.2, 0.25) is 0 Å². The highest BCUT2D eigenvalue weighted by Gasteiger charge is 2.44. The summed E-state index contributed by atoms with van der Waals surface area (Å²) in [7, 11) is 0. The van der Waals surface area contributed by atoms with Crippen molar-refractivity contribution in [1.82, 2.24) is 26.2 Å². The number of piperidine rings is 1. The topological polar surface area (TPSA) is 232 Å². The molecule has 16 heteroatoms. The number of nitrogens with zero attached hydrogens (tertiary/aromatic N) is 1. The molecule has 6 N–H and O–H groups in total. The van der Waals surface area contributed by atoms with Gasteiger partial charge in [0.1, 0.15) is 12.1 Å². The molecule has 1 fully saturated rings. The molecular formula is C51H56N6O10. The first-order valence-electron chi connectivity index (χ1n) is 22.3. The molecule has 0 aromatic heterocycles. The van der Waals surface area contributed by atoms with E-state index in [1.807, 2.05) is 78.9 Å². The molecule has 350 valence electrons. The fraction of sp³-hybridized carbons (Fsp3) is 0.333. The van der Waals surface area contributed by atoms with Crippen LogP contribution in [-0.4, -0.2) is 90.8 Å². The quantitative estimate of drug-likeness (QED) is 0.109. The van der Waals surface area contributed by atoms with Gasteiger partial charge in [-0.2, -0.15) is 0 Å². The van der Waals surface area contributed by atoms with Gasteiger partial charge in [-0.15, -0.1) is 0 Å². The highest BCUT2D eigenvalue weighted by molar-refractivity contribution is 5.97. The largest absolute Gasteiger partial charge is 0.428 e. The number of nitrogens with one attached hydrogen (secondary N) is 4. The third kappa shape index (κ3) is 14.4. The van der Waals surface area contributed by atoms with Gasteiger partial charge >= 0.3 is 11.9 Å². The minimum atomic E-state index is -1.13. The van der Waals surface area contributed by atoms with Crippen molar-refractivity contribution in [2.24, 2.45) is 11.1 Å². The van der Waals surface area contributed by atoms with Gasteiger partial charge in [-0.05, 0) is 71.0 Å². The van der Waals surface area contributed by atoms with Crippen LogP contribution in [0.3, 0.4) is 0 Å². The molecule has 6 amide bonds. The number of amides is 6. The Labute approximate surface area is 389 Å². The fourth-order valence-corrected chi connectivity index (χ4v) is 8.23. The second-order valence-corrected chi connectivity index (χ2v) is 16.8. The van der Waals surface area contributed by atoms with Gasteiger partial charge in [-0.25, -0.2) is 0 Å². The van der Waals surface area contributed by atoms with Crippen LogP contribution in [0.4, 0.5) is 0 Å². The highest BCUT2D eigenvalue weighted by Crippen LogP contribution is 2.35. The van der Waals surface area contributed by atoms with Crippen LogP contribution in [0.1, 0.15) is 60.4 Å². The van der Waals surface area contributed by atoms with E-state index in [-0.39, 0.29) is 51.7 Å². The molecule has 4 aromatic rings. The number of hydrogen-bond donors (Lipinski definition) is 5. The first-order chi connectivity index (χ1) is 32.3. The van der Waals surface area contributed by atoms with E-state index in [2.05, 4.69) is 26.0 Å². The fourth-order valence-electron chi connectivity index (χ4n) is 8.23. The van der Waals surface area contributed by atoms with Crippen molar-refractivity contribution >= 4 is 47.4 Å². The average molecular weight is 913 g/mol. The van der Waals surface area contributed by atoms with Crippen molar-refractivity contribution in [1.29, 1.82) is 0 Å². The zero-order chi connectivity index (χ0) is 47.8. The molecule has 67 heavy (non-hydrogen) atoms. The molecule has 0 aliphatic carbocycles. The van der Waals surface area contributed by atoms with Crippen molar-refractivity contribution in [3.8, 4) is 11.1 Å². The first-order valence-corrected chi connectivity index (χ1v) is 22.3. The molecular weight excluding hydrogens is 857 g/mol. The van der Waals surface area contributed by atoms with Crippen LogP contribution in [0.5, 0.6) is 0 Å². The zero-order valence-corrected chi connectivity index (χ0v) is 37.4. The number of rotatable bonds is 11. The van der Waals surface area contributed by atoms with Gasteiger partial charge in [0, 0.05) is 58.1 Å². The SMILES string of the molecule is CC(=O)OCOC(=O)CCc1ccc(-c2ccc(C[C@@H]3NC(=O)[C@]4(Cc5ccccc5)CCCN(C4)C(=O)/C=C/C(=O)NCC[C@@H](C(N)=O)NC(=O)Cc4ccccc4CNC3=O)cc2)cc1. The van der Waals surface area contributed by atoms with Crippen molar-refractivity contribution in [3.63, 3.8) is 0 Å². The number of ether oxygens (including phenoxy) is 2. The maximum Gasteiger partial charge on any atom is 0.308 e. The number of carbonyl (C=O) groups is 8. The predicted molar refractivity (Wildman–Crippen MR) is 247 cm³/mol. The van der Waals surface area contributed by atoms with E-state index in [0.717, 1.165) is 40.0 Å². The number of esters is 2. The van der Waals surface area contributed by atoms with Crippen molar-refractivity contribution in [3.05, 3.63) is 143 Å². The molecule has 1 saturated heterocycles. The van der Waals surface area contributed by atoms with Gasteiger partial charge in [0.2, 0.25) is 42.2 Å². The number of hydrogen-bond acceptors (Lipinski definition) is 10. The predicted octanol–water partition coefficient (Wildman–Crippen LogP) is 3.13. The number of fused-ring (bicyclic) bond motifs is 3. The minimum Gasteiger partial charge on any atom is -0.428 e. The lowest BCUT2D eigenvalue weighted by molar-refractivity contribution is -0.165. The zero-order valence-electron chi connectivity index (χ0n) is 37.4. The summed E-state index contributed by atoms with van der Waals surface area (Å²) >= 11 is 0. The summed E-state index contributed by atoms with van der Waals surface area (Å²) in [4.78, 5) is 106. The standard InChI is InChI=1S/C51H56N6O10/c1-34(58)66-33-67-47(62)23-16-35-12-17-38(18-13-35)39-19-14-36(15-20-39)28-43-49(64)54-31-41-11-6-5-10-40(41)29-45(60)55-42(48(52)63)24-26-53-44(59)21-22-46(61)57-27-7-25-51(32-57,50(65)56-43)30-37-8-3-2-4-9-37/h2-6,8-15,17-22,42-43H,7,16,23-33H2,1H3,(H2,52,63)(H,53,59)(H,54,64)(H,55,60)(H,56,65)/b22-21+/t42-,43-,51-/m0/s1. The van der Waals surface area contributed by atoms with E-state index >= 15 is 0 Å². The summed E-state index contributed by atoms with van der Waals surface area (Å²) in [6.45, 7) is 1.20. The van der Waals surface area contributed by atoms with Crippen LogP contribution in [0.25, 0.3) is 11.1 Å². The summed E-state index contributed by atoms with van der Waals surface area (Å²) < 4.78 is 9.57. The normalized spacial score (nSPS) is 20.3. The third-order valence-electron chi connectivity index (χ3n) is 11.9. The van der Waals surface area contributed by atoms with Crippen molar-refractivity contribution in [2.45, 2.75) is 76.9 Å². The van der Waals surface area contributed by atoms with E-state index < -0.39 is 71.7 Å². The number of primary amides is 1. The second kappa shape index (κ2) is 23.5. The number of aryl methyl sites for hydroxylation is 1. The van der Waals surface area contributed by atoms with Crippen molar-refractivity contribution in [2.75, 3.05) is 26.4 Å². The molecule has 4 aromatic carbocycles. The molecule has 16 nitrogen and oxygen atoms in total. The van der Waals surface area contributed by atoms with Crippen LogP contribution in [0, 0.1) is 5.41 Å².